The van der Waals surface area contributed by atoms with Crippen LogP contribution in [-0.4, -0.2) is 25.3 Å². The molecule has 148 valence electrons. The first-order valence-electron chi connectivity index (χ1n) is 9.92. The van der Waals surface area contributed by atoms with Crippen molar-refractivity contribution in [3.05, 3.63) is 44.2 Å². The zero-order chi connectivity index (χ0) is 19.7. The van der Waals surface area contributed by atoms with Gasteiger partial charge in [-0.3, -0.25) is 4.79 Å². The van der Waals surface area contributed by atoms with Gasteiger partial charge in [0.15, 0.2) is 0 Å². The lowest BCUT2D eigenvalue weighted by Gasteiger charge is -2.21. The number of fused-ring (bicyclic) bond motifs is 1. The topological polar surface area (TPSA) is 50.7 Å². The number of carbonyl (C=O) groups excluding carboxylic acids is 1. The molecule has 1 unspecified atom stereocenters. The van der Waals surface area contributed by atoms with E-state index in [1.54, 1.807) is 18.4 Å². The second-order valence-corrected chi connectivity index (χ2v) is 9.59. The molecule has 2 aliphatic carbocycles. The van der Waals surface area contributed by atoms with E-state index >= 15 is 0 Å². The molecule has 1 amide bonds. The van der Waals surface area contributed by atoms with Crippen molar-refractivity contribution in [3.63, 3.8) is 0 Å². The van der Waals surface area contributed by atoms with Crippen molar-refractivity contribution in [1.29, 1.82) is 0 Å². The lowest BCUT2D eigenvalue weighted by atomic mass is 9.85. The number of ether oxygens (including phenoxy) is 1. The molecule has 6 heteroatoms. The number of benzene rings is 1. The van der Waals surface area contributed by atoms with Crippen molar-refractivity contribution < 1.29 is 9.53 Å². The van der Waals surface area contributed by atoms with E-state index in [1.165, 1.54) is 16.9 Å². The maximum absolute atomic E-state index is 13.0. The first-order valence-corrected chi connectivity index (χ1v) is 11.5. The third kappa shape index (κ3) is 4.18. The van der Waals surface area contributed by atoms with Crippen molar-refractivity contribution >= 4 is 44.4 Å². The van der Waals surface area contributed by atoms with Crippen molar-refractivity contribution in [2.45, 2.75) is 51.5 Å². The number of hydrogen-bond acceptors (Lipinski definition) is 4. The smallest absolute Gasteiger partial charge is 0.254 e. The Bertz CT molecular complexity index is 918. The standard InChI is InChI=1S/C22H25BrN2O2S/c1-3-13-4-8-17-19(10-13)28-22(20(17)21(26)25-16-6-7-16)24-12-14-11-15(23)5-9-18(14)27-2/h5,9,11-13,16H,3-4,6-8,10H2,1-2H3,(H,25,26). The number of methoxy groups -OCH3 is 1. The van der Waals surface area contributed by atoms with E-state index in [0.29, 0.717) is 12.0 Å². The van der Waals surface area contributed by atoms with E-state index in [-0.39, 0.29) is 5.91 Å². The van der Waals surface area contributed by atoms with Crippen molar-refractivity contribution in [2.75, 3.05) is 7.11 Å². The Morgan fingerprint density at radius 1 is 1.39 bits per heavy atom. The fourth-order valence-corrected chi connectivity index (χ4v) is 5.41. The van der Waals surface area contributed by atoms with Crippen LogP contribution in [0, 0.1) is 5.92 Å². The fraction of sp³-hybridized carbons (Fsp3) is 0.455. The van der Waals surface area contributed by atoms with Crippen LogP contribution in [0.3, 0.4) is 0 Å². The second-order valence-electron chi connectivity index (χ2n) is 7.59. The molecule has 1 aromatic heterocycles. The largest absolute Gasteiger partial charge is 0.496 e. The molecule has 4 rings (SSSR count). The normalized spacial score (nSPS) is 18.9. The van der Waals surface area contributed by atoms with Gasteiger partial charge in [0.25, 0.3) is 5.91 Å². The van der Waals surface area contributed by atoms with Gasteiger partial charge in [-0.1, -0.05) is 29.3 Å². The van der Waals surface area contributed by atoms with Gasteiger partial charge in [-0.2, -0.15) is 0 Å². The molecule has 1 aromatic carbocycles. The summed E-state index contributed by atoms with van der Waals surface area (Å²) < 4.78 is 6.42. The van der Waals surface area contributed by atoms with E-state index in [9.17, 15) is 4.79 Å². The molecular weight excluding hydrogens is 436 g/mol. The molecule has 1 saturated carbocycles. The maximum Gasteiger partial charge on any atom is 0.254 e. The minimum Gasteiger partial charge on any atom is -0.496 e. The average Bonchev–Trinajstić information content (AvgIpc) is 3.43. The van der Waals surface area contributed by atoms with Gasteiger partial charge in [-0.25, -0.2) is 4.99 Å². The molecule has 0 spiro atoms. The van der Waals surface area contributed by atoms with E-state index in [4.69, 9.17) is 9.73 Å². The molecule has 1 atom stereocenters. The Kier molecular flexibility index (Phi) is 5.88. The Balaban J connectivity index is 1.70. The molecular formula is C22H25BrN2O2S. The summed E-state index contributed by atoms with van der Waals surface area (Å²) in [5.41, 5.74) is 2.91. The Hall–Kier alpha value is -1.66. The van der Waals surface area contributed by atoms with Crippen LogP contribution in [0.25, 0.3) is 0 Å². The molecule has 1 N–H and O–H groups in total. The van der Waals surface area contributed by atoms with Crippen molar-refractivity contribution in [2.24, 2.45) is 10.9 Å². The lowest BCUT2D eigenvalue weighted by Crippen LogP contribution is -2.26. The number of nitrogens with one attached hydrogen (secondary N) is 1. The SMILES string of the molecule is CCC1CCc2c(sc(N=Cc3cc(Br)ccc3OC)c2C(=O)NC2CC2)C1. The van der Waals surface area contributed by atoms with E-state index in [0.717, 1.165) is 58.5 Å². The van der Waals surface area contributed by atoms with Crippen molar-refractivity contribution in [1.82, 2.24) is 5.32 Å². The Morgan fingerprint density at radius 3 is 2.93 bits per heavy atom. The van der Waals surface area contributed by atoms with Crippen LogP contribution >= 0.6 is 27.3 Å². The number of nitrogens with zero attached hydrogens (tertiary/aromatic N) is 1. The van der Waals surface area contributed by atoms with Crippen LogP contribution in [0.5, 0.6) is 5.75 Å². The number of rotatable bonds is 6. The molecule has 4 nitrogen and oxygen atoms in total. The van der Waals surface area contributed by atoms with E-state index in [1.807, 2.05) is 24.4 Å². The third-order valence-electron chi connectivity index (χ3n) is 5.58. The van der Waals surface area contributed by atoms with E-state index < -0.39 is 0 Å². The van der Waals surface area contributed by atoms with E-state index in [2.05, 4.69) is 28.2 Å². The van der Waals surface area contributed by atoms with Crippen LogP contribution in [0.15, 0.2) is 27.7 Å². The van der Waals surface area contributed by atoms with Gasteiger partial charge in [-0.15, -0.1) is 11.3 Å². The highest BCUT2D eigenvalue weighted by molar-refractivity contribution is 9.10. The quantitative estimate of drug-likeness (QED) is 0.563. The second kappa shape index (κ2) is 8.37. The summed E-state index contributed by atoms with van der Waals surface area (Å²) in [6, 6.07) is 6.18. The molecule has 0 saturated heterocycles. The molecule has 1 fully saturated rings. The van der Waals surface area contributed by atoms with Crippen LogP contribution in [0.4, 0.5) is 5.00 Å². The van der Waals surface area contributed by atoms with Gasteiger partial charge in [0, 0.05) is 27.2 Å². The molecule has 28 heavy (non-hydrogen) atoms. The fourth-order valence-electron chi connectivity index (χ4n) is 3.73. The molecule has 0 radical (unpaired) electrons. The Labute approximate surface area is 178 Å². The highest BCUT2D eigenvalue weighted by Crippen LogP contribution is 2.42. The van der Waals surface area contributed by atoms with Crippen LogP contribution < -0.4 is 10.1 Å². The predicted octanol–water partition coefficient (Wildman–Crippen LogP) is 5.68. The zero-order valence-corrected chi connectivity index (χ0v) is 18.7. The average molecular weight is 461 g/mol. The first-order chi connectivity index (χ1) is 13.6. The number of halogens is 1. The number of carbonyl (C=O) groups is 1. The van der Waals surface area contributed by atoms with Gasteiger partial charge in [0.1, 0.15) is 10.8 Å². The number of aliphatic imine (C=N–C) groups is 1. The summed E-state index contributed by atoms with van der Waals surface area (Å²) in [6.07, 6.45) is 8.38. The lowest BCUT2D eigenvalue weighted by molar-refractivity contribution is 0.0951. The number of hydrogen-bond donors (Lipinski definition) is 1. The first kappa shape index (κ1) is 19.6. The third-order valence-corrected chi connectivity index (χ3v) is 7.23. The Morgan fingerprint density at radius 2 is 2.21 bits per heavy atom. The van der Waals surface area contributed by atoms with Gasteiger partial charge in [0.05, 0.1) is 12.7 Å². The van der Waals surface area contributed by atoms with Gasteiger partial charge in [-0.05, 0) is 61.8 Å². The molecule has 1 heterocycles. The molecule has 0 bridgehead atoms. The van der Waals surface area contributed by atoms with Gasteiger partial charge >= 0.3 is 0 Å². The monoisotopic (exact) mass is 460 g/mol. The highest BCUT2D eigenvalue weighted by atomic mass is 79.9. The molecule has 2 aromatic rings. The van der Waals surface area contributed by atoms with Crippen LogP contribution in [-0.2, 0) is 12.8 Å². The van der Waals surface area contributed by atoms with Crippen LogP contribution in [0.2, 0.25) is 0 Å². The minimum absolute atomic E-state index is 0.0447. The number of thiophene rings is 1. The summed E-state index contributed by atoms with van der Waals surface area (Å²) in [5, 5.41) is 3.98. The predicted molar refractivity (Wildman–Crippen MR) is 119 cm³/mol. The van der Waals surface area contributed by atoms with Crippen molar-refractivity contribution in [3.8, 4) is 5.75 Å². The zero-order valence-electron chi connectivity index (χ0n) is 16.3. The number of amides is 1. The van der Waals surface area contributed by atoms with Gasteiger partial charge < -0.3 is 10.1 Å². The summed E-state index contributed by atoms with van der Waals surface area (Å²) in [6.45, 7) is 2.25. The minimum atomic E-state index is 0.0447. The van der Waals surface area contributed by atoms with Gasteiger partial charge in [0.2, 0.25) is 0 Å². The molecule has 0 aliphatic heterocycles. The van der Waals surface area contributed by atoms with Crippen LogP contribution in [0.1, 0.15) is 59.0 Å². The molecule has 2 aliphatic rings. The maximum atomic E-state index is 13.0. The summed E-state index contributed by atoms with van der Waals surface area (Å²) in [7, 11) is 1.66. The summed E-state index contributed by atoms with van der Waals surface area (Å²) in [5.74, 6) is 1.53. The summed E-state index contributed by atoms with van der Waals surface area (Å²) >= 11 is 5.19. The summed E-state index contributed by atoms with van der Waals surface area (Å²) in [4.78, 5) is 19.1. The highest BCUT2D eigenvalue weighted by Gasteiger charge is 2.31.